The fourth-order valence-electron chi connectivity index (χ4n) is 2.20. The lowest BCUT2D eigenvalue weighted by Gasteiger charge is -2.17. The first-order chi connectivity index (χ1) is 9.35. The van der Waals surface area contributed by atoms with Crippen LogP contribution in [0.15, 0.2) is 18.2 Å². The van der Waals surface area contributed by atoms with Crippen molar-refractivity contribution >= 4 is 21.8 Å². The van der Waals surface area contributed by atoms with Crippen molar-refractivity contribution in [2.75, 3.05) is 30.8 Å². The molecular formula is C12H17N3O4S. The van der Waals surface area contributed by atoms with E-state index >= 15 is 0 Å². The van der Waals surface area contributed by atoms with Crippen LogP contribution in [0.1, 0.15) is 16.9 Å². The number of aromatic carboxylic acids is 1. The van der Waals surface area contributed by atoms with Gasteiger partial charge in [-0.2, -0.15) is 0 Å². The van der Waals surface area contributed by atoms with Crippen molar-refractivity contribution < 1.29 is 18.3 Å². The fourth-order valence-corrected chi connectivity index (χ4v) is 2.73. The van der Waals surface area contributed by atoms with Gasteiger partial charge in [-0.1, -0.05) is 6.07 Å². The minimum absolute atomic E-state index is 0.0141. The molecule has 0 saturated carbocycles. The van der Waals surface area contributed by atoms with Gasteiger partial charge in [-0.25, -0.2) is 22.9 Å². The van der Waals surface area contributed by atoms with Crippen LogP contribution in [0.3, 0.4) is 0 Å². The Bertz CT molecular complexity index is 602. The number of nitrogens with zero attached hydrogens (tertiary/aromatic N) is 2. The maximum absolute atomic E-state index is 11.1. The number of carboxylic acids is 1. The van der Waals surface area contributed by atoms with E-state index in [1.165, 1.54) is 6.07 Å². The quantitative estimate of drug-likeness (QED) is 0.803. The summed E-state index contributed by atoms with van der Waals surface area (Å²) < 4.78 is 24.6. The number of carbonyl (C=O) groups is 1. The number of anilines is 1. The molecule has 7 nitrogen and oxygen atoms in total. The molecule has 0 spiro atoms. The zero-order valence-electron chi connectivity index (χ0n) is 11.1. The predicted molar refractivity (Wildman–Crippen MR) is 74.4 cm³/mol. The van der Waals surface area contributed by atoms with Crippen LogP contribution in [0.5, 0.6) is 0 Å². The van der Waals surface area contributed by atoms with Crippen LogP contribution in [0, 0.1) is 5.92 Å². The molecule has 2 N–H and O–H groups in total. The SMILES string of the molecule is CS(=O)(=O)NCC1CCN(c2cccc(C(=O)O)n2)C1. The first kappa shape index (κ1) is 14.7. The Hall–Kier alpha value is -1.67. The Morgan fingerprint density at radius 1 is 1.55 bits per heavy atom. The topological polar surface area (TPSA) is 99.6 Å². The number of pyridine rings is 1. The molecule has 1 aromatic rings. The molecule has 0 bridgehead atoms. The Kier molecular flexibility index (Phi) is 4.24. The van der Waals surface area contributed by atoms with Gasteiger partial charge in [0.05, 0.1) is 6.26 Å². The van der Waals surface area contributed by atoms with E-state index in [2.05, 4.69) is 9.71 Å². The molecule has 1 aliphatic heterocycles. The number of sulfonamides is 1. The van der Waals surface area contributed by atoms with Gasteiger partial charge in [-0.15, -0.1) is 0 Å². The van der Waals surface area contributed by atoms with Gasteiger partial charge in [-0.05, 0) is 24.5 Å². The van der Waals surface area contributed by atoms with Crippen molar-refractivity contribution in [2.45, 2.75) is 6.42 Å². The lowest BCUT2D eigenvalue weighted by atomic mass is 10.1. The second kappa shape index (κ2) is 5.76. The van der Waals surface area contributed by atoms with Crippen molar-refractivity contribution in [2.24, 2.45) is 5.92 Å². The lowest BCUT2D eigenvalue weighted by molar-refractivity contribution is 0.0690. The third-order valence-corrected chi connectivity index (χ3v) is 3.89. The van der Waals surface area contributed by atoms with Gasteiger partial charge < -0.3 is 10.0 Å². The molecule has 0 radical (unpaired) electrons. The molecule has 1 aliphatic rings. The van der Waals surface area contributed by atoms with Crippen LogP contribution in [-0.4, -0.2) is 50.4 Å². The summed E-state index contributed by atoms with van der Waals surface area (Å²) >= 11 is 0. The zero-order valence-corrected chi connectivity index (χ0v) is 11.9. The van der Waals surface area contributed by atoms with E-state index < -0.39 is 16.0 Å². The average Bonchev–Trinajstić information content (AvgIpc) is 2.84. The van der Waals surface area contributed by atoms with E-state index in [-0.39, 0.29) is 11.6 Å². The van der Waals surface area contributed by atoms with Crippen molar-refractivity contribution in [3.63, 3.8) is 0 Å². The van der Waals surface area contributed by atoms with Gasteiger partial charge >= 0.3 is 5.97 Å². The van der Waals surface area contributed by atoms with Gasteiger partial charge in [0.2, 0.25) is 10.0 Å². The Balaban J connectivity index is 1.99. The first-order valence-electron chi connectivity index (χ1n) is 6.25. The highest BCUT2D eigenvalue weighted by Gasteiger charge is 2.24. The summed E-state index contributed by atoms with van der Waals surface area (Å²) in [5.74, 6) is -0.229. The molecule has 1 aromatic heterocycles. The second-order valence-corrected chi connectivity index (χ2v) is 6.74. The minimum atomic E-state index is -3.17. The van der Waals surface area contributed by atoms with E-state index in [4.69, 9.17) is 5.11 Å². The molecule has 1 atom stereocenters. The summed E-state index contributed by atoms with van der Waals surface area (Å²) in [6, 6.07) is 4.87. The molecule has 0 amide bonds. The molecule has 20 heavy (non-hydrogen) atoms. The number of rotatable bonds is 5. The highest BCUT2D eigenvalue weighted by molar-refractivity contribution is 7.88. The Morgan fingerprint density at radius 3 is 2.95 bits per heavy atom. The maximum atomic E-state index is 11.1. The summed E-state index contributed by atoms with van der Waals surface area (Å²) in [5.41, 5.74) is 0.0141. The Morgan fingerprint density at radius 2 is 2.30 bits per heavy atom. The summed E-state index contributed by atoms with van der Waals surface area (Å²) in [4.78, 5) is 16.9. The van der Waals surface area contributed by atoms with Crippen LogP contribution in [0.4, 0.5) is 5.82 Å². The van der Waals surface area contributed by atoms with Gasteiger partial charge in [0.1, 0.15) is 5.82 Å². The van der Waals surface area contributed by atoms with Gasteiger partial charge in [-0.3, -0.25) is 0 Å². The fraction of sp³-hybridized carbons (Fsp3) is 0.500. The number of hydrogen-bond acceptors (Lipinski definition) is 5. The van der Waals surface area contributed by atoms with Crippen LogP contribution in [0.25, 0.3) is 0 Å². The molecule has 1 unspecified atom stereocenters. The molecule has 1 fully saturated rings. The van der Waals surface area contributed by atoms with E-state index in [9.17, 15) is 13.2 Å². The van der Waals surface area contributed by atoms with Crippen molar-refractivity contribution in [3.05, 3.63) is 23.9 Å². The number of nitrogens with one attached hydrogen (secondary N) is 1. The summed E-state index contributed by atoms with van der Waals surface area (Å²) in [6.07, 6.45) is 1.99. The third-order valence-electron chi connectivity index (χ3n) is 3.20. The van der Waals surface area contributed by atoms with E-state index in [0.29, 0.717) is 18.9 Å². The molecule has 0 aromatic carbocycles. The lowest BCUT2D eigenvalue weighted by Crippen LogP contribution is -2.30. The molecule has 0 aliphatic carbocycles. The van der Waals surface area contributed by atoms with Gasteiger partial charge in [0.15, 0.2) is 5.69 Å². The largest absolute Gasteiger partial charge is 0.477 e. The number of hydrogen-bond donors (Lipinski definition) is 2. The smallest absolute Gasteiger partial charge is 0.354 e. The second-order valence-electron chi connectivity index (χ2n) is 4.91. The van der Waals surface area contributed by atoms with Crippen molar-refractivity contribution in [1.29, 1.82) is 0 Å². The van der Waals surface area contributed by atoms with Crippen LogP contribution in [-0.2, 0) is 10.0 Å². The van der Waals surface area contributed by atoms with Gasteiger partial charge in [0.25, 0.3) is 0 Å². The normalized spacial score (nSPS) is 19.2. The third kappa shape index (κ3) is 3.91. The molecule has 2 rings (SSSR count). The standard InChI is InChI=1S/C12H17N3O4S/c1-20(18,19)13-7-9-5-6-15(8-9)11-4-2-3-10(14-11)12(16)17/h2-4,9,13H,5-8H2,1H3,(H,16,17). The van der Waals surface area contributed by atoms with Crippen LogP contribution in [0.2, 0.25) is 0 Å². The van der Waals surface area contributed by atoms with Gasteiger partial charge in [0, 0.05) is 19.6 Å². The first-order valence-corrected chi connectivity index (χ1v) is 8.14. The summed E-state index contributed by atoms with van der Waals surface area (Å²) in [6.45, 7) is 1.80. The summed E-state index contributed by atoms with van der Waals surface area (Å²) in [7, 11) is -3.17. The average molecular weight is 299 g/mol. The predicted octanol–water partition coefficient (Wildman–Crippen LogP) is 0.155. The van der Waals surface area contributed by atoms with Crippen LogP contribution < -0.4 is 9.62 Å². The minimum Gasteiger partial charge on any atom is -0.477 e. The number of aromatic nitrogens is 1. The summed E-state index contributed by atoms with van der Waals surface area (Å²) in [5, 5.41) is 8.92. The Labute approximate surface area is 117 Å². The molecule has 110 valence electrons. The molecular weight excluding hydrogens is 282 g/mol. The zero-order chi connectivity index (χ0) is 14.8. The molecule has 1 saturated heterocycles. The highest BCUT2D eigenvalue weighted by atomic mass is 32.2. The maximum Gasteiger partial charge on any atom is 0.354 e. The highest BCUT2D eigenvalue weighted by Crippen LogP contribution is 2.22. The van der Waals surface area contributed by atoms with E-state index in [1.54, 1.807) is 12.1 Å². The molecule has 2 heterocycles. The molecule has 8 heteroatoms. The van der Waals surface area contributed by atoms with E-state index in [1.807, 2.05) is 4.90 Å². The van der Waals surface area contributed by atoms with Crippen LogP contribution >= 0.6 is 0 Å². The van der Waals surface area contributed by atoms with E-state index in [0.717, 1.165) is 19.2 Å². The monoisotopic (exact) mass is 299 g/mol. The van der Waals surface area contributed by atoms with Crippen molar-refractivity contribution in [3.8, 4) is 0 Å². The van der Waals surface area contributed by atoms with Crippen molar-refractivity contribution in [1.82, 2.24) is 9.71 Å². The number of carboxylic acid groups (broad SMARTS) is 1.